The molecule has 0 unspecified atom stereocenters. The smallest absolute Gasteiger partial charge is 0.339 e. The largest absolute Gasteiger partial charge is 0.439 e. The van der Waals surface area contributed by atoms with Crippen molar-refractivity contribution in [3.63, 3.8) is 0 Å². The molecule has 0 aliphatic heterocycles. The summed E-state index contributed by atoms with van der Waals surface area (Å²) in [5.41, 5.74) is -0.750. The zero-order valence-corrected chi connectivity index (χ0v) is 13.1. The summed E-state index contributed by atoms with van der Waals surface area (Å²) in [5, 5.41) is 0. The van der Waals surface area contributed by atoms with Gasteiger partial charge in [0.05, 0.1) is 5.56 Å². The Balaban J connectivity index is 2.36. The average Bonchev–Trinajstić information content (AvgIpc) is 2.55. The van der Waals surface area contributed by atoms with Crippen LogP contribution in [0.2, 0.25) is 0 Å². The third-order valence-electron chi connectivity index (χ3n) is 3.71. The van der Waals surface area contributed by atoms with Crippen molar-refractivity contribution in [2.45, 2.75) is 25.9 Å². The molecule has 0 aliphatic rings. The van der Waals surface area contributed by atoms with Crippen molar-refractivity contribution >= 4 is 17.5 Å². The molecule has 0 atom stereocenters. The van der Waals surface area contributed by atoms with E-state index in [2.05, 4.69) is 0 Å². The number of Topliss-reactive ketones (excluding diaryl/α,β-unsaturated/α-hetero) is 2. The molecular formula is C19H18O4. The number of ether oxygens (including phenoxy) is 1. The standard InChI is InChI=1S/C19H18O4/c1-14(20)19(15(2)21,13-16-9-5-3-6-10-16)23-18(22)17-11-7-4-8-12-17/h3-12H,13H2,1-2H3. The summed E-state index contributed by atoms with van der Waals surface area (Å²) in [6.07, 6.45) is 0.0249. The predicted molar refractivity (Wildman–Crippen MR) is 86.1 cm³/mol. The molecule has 4 nitrogen and oxygen atoms in total. The van der Waals surface area contributed by atoms with E-state index in [0.717, 1.165) is 5.56 Å². The molecular weight excluding hydrogens is 292 g/mol. The molecule has 0 fully saturated rings. The Morgan fingerprint density at radius 2 is 1.30 bits per heavy atom. The highest BCUT2D eigenvalue weighted by molar-refractivity contribution is 6.11. The van der Waals surface area contributed by atoms with E-state index < -0.39 is 23.1 Å². The van der Waals surface area contributed by atoms with Gasteiger partial charge in [-0.15, -0.1) is 0 Å². The van der Waals surface area contributed by atoms with E-state index in [1.165, 1.54) is 13.8 Å². The Hall–Kier alpha value is -2.75. The van der Waals surface area contributed by atoms with Crippen molar-refractivity contribution in [2.75, 3.05) is 0 Å². The lowest BCUT2D eigenvalue weighted by Crippen LogP contribution is -2.50. The van der Waals surface area contributed by atoms with Gasteiger partial charge in [-0.25, -0.2) is 4.79 Å². The lowest BCUT2D eigenvalue weighted by Gasteiger charge is -2.28. The molecule has 0 saturated carbocycles. The van der Waals surface area contributed by atoms with Gasteiger partial charge in [0.15, 0.2) is 11.6 Å². The van der Waals surface area contributed by atoms with Crippen LogP contribution in [0, 0.1) is 0 Å². The SMILES string of the molecule is CC(=O)C(Cc1ccccc1)(OC(=O)c1ccccc1)C(C)=O. The maximum absolute atomic E-state index is 12.3. The van der Waals surface area contributed by atoms with E-state index in [9.17, 15) is 14.4 Å². The van der Waals surface area contributed by atoms with E-state index >= 15 is 0 Å². The first kappa shape index (κ1) is 16.6. The monoisotopic (exact) mass is 310 g/mol. The number of ketones is 2. The molecule has 2 rings (SSSR count). The maximum atomic E-state index is 12.3. The molecule has 0 amide bonds. The second-order valence-electron chi connectivity index (χ2n) is 5.36. The van der Waals surface area contributed by atoms with E-state index in [4.69, 9.17) is 4.74 Å². The number of carbonyl (C=O) groups is 3. The molecule has 0 spiro atoms. The van der Waals surface area contributed by atoms with E-state index in [1.54, 1.807) is 54.6 Å². The Morgan fingerprint density at radius 3 is 1.78 bits per heavy atom. The van der Waals surface area contributed by atoms with Crippen LogP contribution in [0.15, 0.2) is 60.7 Å². The molecule has 0 bridgehead atoms. The lowest BCUT2D eigenvalue weighted by molar-refractivity contribution is -0.149. The number of rotatable bonds is 6. The van der Waals surface area contributed by atoms with Crippen molar-refractivity contribution in [3.05, 3.63) is 71.8 Å². The zero-order chi connectivity index (χ0) is 16.9. The lowest BCUT2D eigenvalue weighted by atomic mass is 9.87. The zero-order valence-electron chi connectivity index (χ0n) is 13.1. The Bertz CT molecular complexity index is 691. The molecule has 0 N–H and O–H groups in total. The van der Waals surface area contributed by atoms with Crippen molar-refractivity contribution in [1.29, 1.82) is 0 Å². The second-order valence-corrected chi connectivity index (χ2v) is 5.36. The Morgan fingerprint density at radius 1 is 0.826 bits per heavy atom. The summed E-state index contributed by atoms with van der Waals surface area (Å²) in [7, 11) is 0. The first-order chi connectivity index (χ1) is 11.0. The minimum absolute atomic E-state index is 0.0249. The van der Waals surface area contributed by atoms with Gasteiger partial charge >= 0.3 is 5.97 Å². The summed E-state index contributed by atoms with van der Waals surface area (Å²) in [5.74, 6) is -1.66. The summed E-state index contributed by atoms with van der Waals surface area (Å²) in [4.78, 5) is 36.7. The highest BCUT2D eigenvalue weighted by atomic mass is 16.6. The summed E-state index contributed by atoms with van der Waals surface area (Å²) in [6, 6.07) is 17.3. The van der Waals surface area contributed by atoms with Crippen LogP contribution >= 0.6 is 0 Å². The highest BCUT2D eigenvalue weighted by Gasteiger charge is 2.44. The van der Waals surface area contributed by atoms with Gasteiger partial charge in [-0.1, -0.05) is 48.5 Å². The Labute approximate surface area is 135 Å². The quantitative estimate of drug-likeness (QED) is 0.608. The van der Waals surface area contributed by atoms with Crippen molar-refractivity contribution in [2.24, 2.45) is 0 Å². The molecule has 2 aromatic rings. The molecule has 0 saturated heterocycles. The molecule has 0 aromatic heterocycles. The first-order valence-electron chi connectivity index (χ1n) is 7.30. The highest BCUT2D eigenvalue weighted by Crippen LogP contribution is 2.23. The van der Waals surface area contributed by atoms with Gasteiger partial charge in [-0.05, 0) is 31.5 Å². The minimum Gasteiger partial charge on any atom is -0.439 e. The van der Waals surface area contributed by atoms with Gasteiger partial charge in [0.2, 0.25) is 5.60 Å². The third-order valence-corrected chi connectivity index (χ3v) is 3.71. The molecule has 118 valence electrons. The summed E-state index contributed by atoms with van der Waals surface area (Å²) in [6.45, 7) is 2.53. The molecule has 4 heteroatoms. The second kappa shape index (κ2) is 7.01. The van der Waals surface area contributed by atoms with Crippen LogP contribution in [0.4, 0.5) is 0 Å². The number of hydrogen-bond donors (Lipinski definition) is 0. The van der Waals surface area contributed by atoms with E-state index in [1.807, 2.05) is 6.07 Å². The van der Waals surface area contributed by atoms with Crippen LogP contribution in [-0.2, 0) is 20.7 Å². The van der Waals surface area contributed by atoms with Gasteiger partial charge in [0.1, 0.15) is 0 Å². The van der Waals surface area contributed by atoms with Crippen LogP contribution in [0.25, 0.3) is 0 Å². The topological polar surface area (TPSA) is 60.4 Å². The van der Waals surface area contributed by atoms with Gasteiger partial charge in [-0.2, -0.15) is 0 Å². The third kappa shape index (κ3) is 3.72. The maximum Gasteiger partial charge on any atom is 0.339 e. The fraction of sp³-hybridized carbons (Fsp3) is 0.211. The minimum atomic E-state index is -1.80. The predicted octanol–water partition coefficient (Wildman–Crippen LogP) is 3.00. The van der Waals surface area contributed by atoms with Crippen molar-refractivity contribution < 1.29 is 19.1 Å². The molecule has 0 heterocycles. The molecule has 23 heavy (non-hydrogen) atoms. The summed E-state index contributed by atoms with van der Waals surface area (Å²) >= 11 is 0. The number of hydrogen-bond acceptors (Lipinski definition) is 4. The van der Waals surface area contributed by atoms with Gasteiger partial charge in [0.25, 0.3) is 0 Å². The molecule has 0 aliphatic carbocycles. The number of esters is 1. The van der Waals surface area contributed by atoms with Gasteiger partial charge in [0, 0.05) is 6.42 Å². The number of benzene rings is 2. The molecule has 0 radical (unpaired) electrons. The fourth-order valence-electron chi connectivity index (χ4n) is 2.35. The van der Waals surface area contributed by atoms with Crippen LogP contribution in [0.5, 0.6) is 0 Å². The Kier molecular flexibility index (Phi) is 5.06. The molecule has 2 aromatic carbocycles. The summed E-state index contributed by atoms with van der Waals surface area (Å²) < 4.78 is 5.41. The normalized spacial score (nSPS) is 10.9. The van der Waals surface area contributed by atoms with Crippen LogP contribution < -0.4 is 0 Å². The van der Waals surface area contributed by atoms with E-state index in [0.29, 0.717) is 5.56 Å². The van der Waals surface area contributed by atoms with Crippen LogP contribution in [-0.4, -0.2) is 23.1 Å². The number of carbonyl (C=O) groups excluding carboxylic acids is 3. The van der Waals surface area contributed by atoms with Crippen LogP contribution in [0.3, 0.4) is 0 Å². The van der Waals surface area contributed by atoms with Crippen molar-refractivity contribution in [3.8, 4) is 0 Å². The van der Waals surface area contributed by atoms with Crippen molar-refractivity contribution in [1.82, 2.24) is 0 Å². The fourth-order valence-corrected chi connectivity index (χ4v) is 2.35. The van der Waals surface area contributed by atoms with Crippen LogP contribution in [0.1, 0.15) is 29.8 Å². The van der Waals surface area contributed by atoms with Gasteiger partial charge in [-0.3, -0.25) is 9.59 Å². The first-order valence-corrected chi connectivity index (χ1v) is 7.30. The van der Waals surface area contributed by atoms with Gasteiger partial charge < -0.3 is 4.74 Å². The average molecular weight is 310 g/mol. The van der Waals surface area contributed by atoms with E-state index in [-0.39, 0.29) is 6.42 Å².